The molecule has 1 fully saturated rings. The molecule has 0 aromatic carbocycles. The molecule has 1 aliphatic carbocycles. The average molecular weight is 297 g/mol. The zero-order valence-electron chi connectivity index (χ0n) is 10.5. The molecule has 1 saturated carbocycles. The number of nitrogens with zero attached hydrogens (tertiary/aromatic N) is 2. The zero-order valence-corrected chi connectivity index (χ0v) is 10.5. The van der Waals surface area contributed by atoms with Crippen LogP contribution in [-0.4, -0.2) is 21.6 Å². The van der Waals surface area contributed by atoms with Gasteiger partial charge in [-0.1, -0.05) is 6.92 Å². The summed E-state index contributed by atoms with van der Waals surface area (Å²) in [7, 11) is 0. The van der Waals surface area contributed by atoms with Crippen molar-refractivity contribution >= 4 is 5.91 Å². The molecule has 20 heavy (non-hydrogen) atoms. The van der Waals surface area contributed by atoms with Gasteiger partial charge in [-0.3, -0.25) is 9.48 Å². The molecule has 1 aromatic heterocycles. The highest BCUT2D eigenvalue weighted by atomic mass is 19.4. The van der Waals surface area contributed by atoms with Gasteiger partial charge in [-0.05, 0) is 5.41 Å². The summed E-state index contributed by atoms with van der Waals surface area (Å²) in [6, 6.07) is 0. The zero-order chi connectivity index (χ0) is 15.3. The van der Waals surface area contributed by atoms with Crippen LogP contribution in [0.2, 0.25) is 0 Å². The lowest BCUT2D eigenvalue weighted by Crippen LogP contribution is -2.47. The largest absolute Gasteiger partial charge is 0.420 e. The Morgan fingerprint density at radius 3 is 2.40 bits per heavy atom. The van der Waals surface area contributed by atoms with Crippen LogP contribution in [0.5, 0.6) is 0 Å². The molecule has 1 amide bonds. The van der Waals surface area contributed by atoms with Crippen molar-refractivity contribution in [1.82, 2.24) is 9.78 Å². The monoisotopic (exact) mass is 297 g/mol. The molecule has 4 nitrogen and oxygen atoms in total. The van der Waals surface area contributed by atoms with Crippen LogP contribution in [0.3, 0.4) is 0 Å². The van der Waals surface area contributed by atoms with Gasteiger partial charge >= 0.3 is 6.18 Å². The number of amides is 1. The van der Waals surface area contributed by atoms with Gasteiger partial charge in [-0.25, -0.2) is 8.78 Å². The molecular weight excluding hydrogens is 285 g/mol. The standard InChI is InChI=1S/C11H12F5N3O/c1-9(3-10(12,13)4-9)5-19-7(8(17)20)6(2-18-19)11(14,15)16/h2H,3-5H2,1H3,(H2,17,20). The second-order valence-electron chi connectivity index (χ2n) is 5.45. The number of primary amides is 1. The second-order valence-corrected chi connectivity index (χ2v) is 5.45. The Morgan fingerprint density at radius 1 is 1.45 bits per heavy atom. The van der Waals surface area contributed by atoms with Crippen LogP contribution in [0.4, 0.5) is 22.0 Å². The average Bonchev–Trinajstić information content (AvgIpc) is 2.56. The Morgan fingerprint density at radius 2 is 2.00 bits per heavy atom. The Bertz CT molecular complexity index is 541. The summed E-state index contributed by atoms with van der Waals surface area (Å²) >= 11 is 0. The fourth-order valence-corrected chi connectivity index (χ4v) is 2.64. The third-order valence-corrected chi connectivity index (χ3v) is 3.28. The Balaban J connectivity index is 2.30. The lowest BCUT2D eigenvalue weighted by Gasteiger charge is -2.44. The third kappa shape index (κ3) is 2.61. The predicted octanol–water partition coefficient (Wildman–Crippen LogP) is 2.44. The SMILES string of the molecule is CC1(Cn2ncc(C(F)(F)F)c2C(N)=O)CC(F)(F)C1. The Labute approximate surface area is 110 Å². The fourth-order valence-electron chi connectivity index (χ4n) is 2.64. The van der Waals surface area contributed by atoms with Crippen molar-refractivity contribution < 1.29 is 26.7 Å². The van der Waals surface area contributed by atoms with Crippen LogP contribution >= 0.6 is 0 Å². The van der Waals surface area contributed by atoms with Crippen molar-refractivity contribution in [1.29, 1.82) is 0 Å². The minimum Gasteiger partial charge on any atom is -0.364 e. The molecule has 1 aliphatic rings. The number of rotatable bonds is 3. The molecule has 0 unspecified atom stereocenters. The number of carbonyl (C=O) groups is 1. The van der Waals surface area contributed by atoms with Crippen LogP contribution in [0, 0.1) is 5.41 Å². The number of aromatic nitrogens is 2. The summed E-state index contributed by atoms with van der Waals surface area (Å²) < 4.78 is 64.6. The van der Waals surface area contributed by atoms with Crippen LogP contribution in [0.1, 0.15) is 35.8 Å². The van der Waals surface area contributed by atoms with E-state index >= 15 is 0 Å². The highest BCUT2D eigenvalue weighted by molar-refractivity contribution is 5.92. The first-order valence-corrected chi connectivity index (χ1v) is 5.74. The van der Waals surface area contributed by atoms with Gasteiger partial charge in [0.25, 0.3) is 5.91 Å². The van der Waals surface area contributed by atoms with Gasteiger partial charge in [0.05, 0.1) is 6.20 Å². The normalized spacial score (nSPS) is 20.5. The first-order valence-electron chi connectivity index (χ1n) is 5.74. The second kappa shape index (κ2) is 4.16. The van der Waals surface area contributed by atoms with Gasteiger partial charge in [-0.2, -0.15) is 18.3 Å². The van der Waals surface area contributed by atoms with E-state index in [1.165, 1.54) is 6.92 Å². The van der Waals surface area contributed by atoms with Crippen molar-refractivity contribution in [2.24, 2.45) is 11.1 Å². The van der Waals surface area contributed by atoms with Crippen molar-refractivity contribution in [2.45, 2.75) is 38.4 Å². The lowest BCUT2D eigenvalue weighted by molar-refractivity contribution is -0.160. The highest BCUT2D eigenvalue weighted by Crippen LogP contribution is 2.52. The lowest BCUT2D eigenvalue weighted by atomic mass is 9.67. The van der Waals surface area contributed by atoms with Crippen LogP contribution in [-0.2, 0) is 12.7 Å². The predicted molar refractivity (Wildman–Crippen MR) is 58.0 cm³/mol. The number of alkyl halides is 5. The third-order valence-electron chi connectivity index (χ3n) is 3.28. The molecule has 9 heteroatoms. The van der Waals surface area contributed by atoms with E-state index in [9.17, 15) is 26.7 Å². The molecule has 112 valence electrons. The first-order chi connectivity index (χ1) is 8.94. The molecule has 2 N–H and O–H groups in total. The molecule has 0 saturated heterocycles. The number of nitrogens with two attached hydrogens (primary N) is 1. The molecule has 1 heterocycles. The minimum absolute atomic E-state index is 0.211. The van der Waals surface area contributed by atoms with Gasteiger partial charge < -0.3 is 5.73 Å². The molecule has 0 aliphatic heterocycles. The quantitative estimate of drug-likeness (QED) is 0.871. The van der Waals surface area contributed by atoms with E-state index in [2.05, 4.69) is 5.10 Å². The molecule has 2 rings (SSSR count). The van der Waals surface area contributed by atoms with E-state index in [0.29, 0.717) is 6.20 Å². The molecular formula is C11H12F5N3O. The maximum Gasteiger partial charge on any atom is 0.420 e. The van der Waals surface area contributed by atoms with Gasteiger partial charge in [0, 0.05) is 19.4 Å². The smallest absolute Gasteiger partial charge is 0.364 e. The number of hydrogen-bond donors (Lipinski definition) is 1. The van der Waals surface area contributed by atoms with Crippen LogP contribution in [0.15, 0.2) is 6.20 Å². The Kier molecular flexibility index (Phi) is 3.06. The number of carbonyl (C=O) groups excluding carboxylic acids is 1. The van der Waals surface area contributed by atoms with Crippen molar-refractivity contribution in [3.05, 3.63) is 17.5 Å². The van der Waals surface area contributed by atoms with E-state index in [0.717, 1.165) is 4.68 Å². The fraction of sp³-hybridized carbons (Fsp3) is 0.636. The molecule has 0 spiro atoms. The van der Waals surface area contributed by atoms with Crippen molar-refractivity contribution in [2.75, 3.05) is 0 Å². The van der Waals surface area contributed by atoms with Crippen LogP contribution in [0.25, 0.3) is 0 Å². The topological polar surface area (TPSA) is 60.9 Å². The number of halogens is 5. The molecule has 1 aromatic rings. The Hall–Kier alpha value is -1.67. The summed E-state index contributed by atoms with van der Waals surface area (Å²) in [6.45, 7) is 1.29. The van der Waals surface area contributed by atoms with E-state index in [1.54, 1.807) is 0 Å². The van der Waals surface area contributed by atoms with E-state index in [4.69, 9.17) is 5.73 Å². The summed E-state index contributed by atoms with van der Waals surface area (Å²) in [6.07, 6.45) is -5.20. The number of hydrogen-bond acceptors (Lipinski definition) is 2. The van der Waals surface area contributed by atoms with Crippen molar-refractivity contribution in [3.63, 3.8) is 0 Å². The summed E-state index contributed by atoms with van der Waals surface area (Å²) in [4.78, 5) is 11.2. The maximum atomic E-state index is 12.9. The van der Waals surface area contributed by atoms with Gasteiger partial charge in [0.2, 0.25) is 5.92 Å². The summed E-state index contributed by atoms with van der Waals surface area (Å²) in [5.41, 5.74) is 1.99. The maximum absolute atomic E-state index is 12.9. The molecule has 0 radical (unpaired) electrons. The van der Waals surface area contributed by atoms with Crippen molar-refractivity contribution in [3.8, 4) is 0 Å². The minimum atomic E-state index is -4.77. The van der Waals surface area contributed by atoms with Crippen LogP contribution < -0.4 is 5.73 Å². The molecule has 0 atom stereocenters. The van der Waals surface area contributed by atoms with E-state index in [-0.39, 0.29) is 6.54 Å². The van der Waals surface area contributed by atoms with Gasteiger partial charge in [0.15, 0.2) is 0 Å². The van der Waals surface area contributed by atoms with E-state index < -0.39 is 47.5 Å². The first kappa shape index (κ1) is 14.7. The van der Waals surface area contributed by atoms with Gasteiger partial charge in [0.1, 0.15) is 11.3 Å². The summed E-state index contributed by atoms with van der Waals surface area (Å²) in [5.74, 6) is -4.11. The van der Waals surface area contributed by atoms with E-state index in [1.807, 2.05) is 0 Å². The molecule has 0 bridgehead atoms. The van der Waals surface area contributed by atoms with Gasteiger partial charge in [-0.15, -0.1) is 0 Å². The highest BCUT2D eigenvalue weighted by Gasteiger charge is 2.54. The summed E-state index contributed by atoms with van der Waals surface area (Å²) in [5, 5.41) is 3.47.